The third-order valence-electron chi connectivity index (χ3n) is 7.60. The zero-order chi connectivity index (χ0) is 17.3. The van der Waals surface area contributed by atoms with Crippen LogP contribution in [0.4, 0.5) is 0 Å². The first kappa shape index (κ1) is 15.6. The number of imide groups is 1. The zero-order valence-electron chi connectivity index (χ0n) is 15.3. The first-order valence-electron chi connectivity index (χ1n) is 10.0. The summed E-state index contributed by atoms with van der Waals surface area (Å²) in [5.74, 6) is 2.46. The molecule has 0 saturated heterocycles. The van der Waals surface area contributed by atoms with E-state index in [-0.39, 0.29) is 23.3 Å². The molecule has 132 valence electrons. The van der Waals surface area contributed by atoms with Crippen molar-refractivity contribution in [2.24, 2.45) is 17.8 Å². The van der Waals surface area contributed by atoms with Crippen molar-refractivity contribution >= 4 is 11.8 Å². The summed E-state index contributed by atoms with van der Waals surface area (Å²) in [7, 11) is 0. The lowest BCUT2D eigenvalue weighted by Gasteiger charge is -2.57. The highest BCUT2D eigenvalue weighted by Gasteiger charge is 2.52. The van der Waals surface area contributed by atoms with Crippen LogP contribution >= 0.6 is 0 Å². The summed E-state index contributed by atoms with van der Waals surface area (Å²) in [5.41, 5.74) is 2.87. The first-order valence-corrected chi connectivity index (χ1v) is 10.0. The van der Waals surface area contributed by atoms with Crippen molar-refractivity contribution in [3.63, 3.8) is 0 Å². The van der Waals surface area contributed by atoms with E-state index in [1.54, 1.807) is 0 Å². The van der Waals surface area contributed by atoms with Gasteiger partial charge in [0.2, 0.25) is 0 Å². The quantitative estimate of drug-likeness (QED) is 0.759. The summed E-state index contributed by atoms with van der Waals surface area (Å²) in [6.45, 7) is 3.98. The summed E-state index contributed by atoms with van der Waals surface area (Å²) in [4.78, 5) is 27.0. The van der Waals surface area contributed by atoms with Gasteiger partial charge in [-0.25, -0.2) is 0 Å². The molecule has 1 heterocycles. The van der Waals surface area contributed by atoms with Crippen LogP contribution in [0.1, 0.15) is 85.1 Å². The Kier molecular flexibility index (Phi) is 3.24. The molecular weight excluding hydrogens is 310 g/mol. The summed E-state index contributed by atoms with van der Waals surface area (Å²) in [6.07, 6.45) is 8.92. The van der Waals surface area contributed by atoms with Crippen molar-refractivity contribution in [1.82, 2.24) is 4.90 Å². The monoisotopic (exact) mass is 337 g/mol. The predicted octanol–water partition coefficient (Wildman–Crippen LogP) is 4.55. The second-order valence-corrected chi connectivity index (χ2v) is 9.20. The van der Waals surface area contributed by atoms with Crippen LogP contribution in [0.15, 0.2) is 18.2 Å². The molecular formula is C22H27NO2. The van der Waals surface area contributed by atoms with Gasteiger partial charge in [-0.05, 0) is 92.7 Å². The third kappa shape index (κ3) is 2.10. The normalized spacial score (nSPS) is 36.9. The van der Waals surface area contributed by atoms with E-state index in [4.69, 9.17) is 0 Å². The van der Waals surface area contributed by atoms with Crippen molar-refractivity contribution in [2.75, 3.05) is 0 Å². The molecule has 4 fully saturated rings. The molecule has 0 spiro atoms. The number of nitrogens with zero attached hydrogens (tertiary/aromatic N) is 1. The van der Waals surface area contributed by atoms with Gasteiger partial charge in [-0.1, -0.05) is 13.0 Å². The van der Waals surface area contributed by atoms with Gasteiger partial charge in [-0.2, -0.15) is 0 Å². The molecule has 1 aromatic carbocycles. The topological polar surface area (TPSA) is 37.4 Å². The Balaban J connectivity index is 1.54. The van der Waals surface area contributed by atoms with E-state index in [0.29, 0.717) is 11.1 Å². The SMILES string of the molecule is CC[C@H](C)N1C(=O)c2ccc(C34CC5CC(CC(C5)C3)C4)cc2C1=O. The minimum absolute atomic E-state index is 0.0320. The number of carbonyl (C=O) groups is 2. The molecule has 6 rings (SSSR count). The molecule has 1 aromatic rings. The lowest BCUT2D eigenvalue weighted by atomic mass is 9.48. The number of fused-ring (bicyclic) bond motifs is 1. The van der Waals surface area contributed by atoms with Crippen molar-refractivity contribution < 1.29 is 9.59 Å². The van der Waals surface area contributed by atoms with Crippen LogP contribution in [0.2, 0.25) is 0 Å². The minimum atomic E-state index is -0.105. The Labute approximate surface area is 149 Å². The van der Waals surface area contributed by atoms with Crippen LogP contribution in [0.3, 0.4) is 0 Å². The van der Waals surface area contributed by atoms with Crippen LogP contribution in [0, 0.1) is 17.8 Å². The molecule has 1 aliphatic heterocycles. The maximum atomic E-state index is 12.9. The van der Waals surface area contributed by atoms with E-state index < -0.39 is 0 Å². The predicted molar refractivity (Wildman–Crippen MR) is 96.5 cm³/mol. The average molecular weight is 337 g/mol. The van der Waals surface area contributed by atoms with E-state index in [1.165, 1.54) is 49.0 Å². The van der Waals surface area contributed by atoms with E-state index in [2.05, 4.69) is 12.1 Å². The Morgan fingerprint density at radius 2 is 1.56 bits per heavy atom. The molecule has 0 unspecified atom stereocenters. The zero-order valence-corrected chi connectivity index (χ0v) is 15.3. The lowest BCUT2D eigenvalue weighted by Crippen LogP contribution is -2.48. The molecule has 4 aliphatic carbocycles. The smallest absolute Gasteiger partial charge is 0.261 e. The van der Waals surface area contributed by atoms with E-state index in [9.17, 15) is 9.59 Å². The molecule has 0 aromatic heterocycles. The summed E-state index contributed by atoms with van der Waals surface area (Å²) < 4.78 is 0. The largest absolute Gasteiger partial charge is 0.272 e. The van der Waals surface area contributed by atoms with Crippen LogP contribution in [0.25, 0.3) is 0 Å². The van der Waals surface area contributed by atoms with Crippen molar-refractivity contribution in [1.29, 1.82) is 0 Å². The number of hydrogen-bond acceptors (Lipinski definition) is 2. The molecule has 1 atom stereocenters. The van der Waals surface area contributed by atoms with Gasteiger partial charge in [0.25, 0.3) is 11.8 Å². The third-order valence-corrected chi connectivity index (χ3v) is 7.60. The Bertz CT molecular complexity index is 730. The Morgan fingerprint density at radius 3 is 2.12 bits per heavy atom. The van der Waals surface area contributed by atoms with Gasteiger partial charge in [-0.3, -0.25) is 14.5 Å². The number of rotatable bonds is 3. The molecule has 4 saturated carbocycles. The van der Waals surface area contributed by atoms with Gasteiger partial charge < -0.3 is 0 Å². The molecule has 3 heteroatoms. The van der Waals surface area contributed by atoms with Crippen LogP contribution in [-0.4, -0.2) is 22.8 Å². The van der Waals surface area contributed by atoms with Crippen LogP contribution in [-0.2, 0) is 5.41 Å². The molecule has 5 aliphatic rings. The highest BCUT2D eigenvalue weighted by molar-refractivity contribution is 6.21. The van der Waals surface area contributed by atoms with Gasteiger partial charge in [0.15, 0.2) is 0 Å². The fourth-order valence-corrected chi connectivity index (χ4v) is 6.64. The summed E-state index contributed by atoms with van der Waals surface area (Å²) in [6, 6.07) is 6.16. The minimum Gasteiger partial charge on any atom is -0.272 e. The van der Waals surface area contributed by atoms with E-state index >= 15 is 0 Å². The average Bonchev–Trinajstić information content (AvgIpc) is 2.84. The lowest BCUT2D eigenvalue weighted by molar-refractivity contribution is -0.00520. The molecule has 3 nitrogen and oxygen atoms in total. The van der Waals surface area contributed by atoms with Gasteiger partial charge in [0, 0.05) is 6.04 Å². The molecule has 2 amide bonds. The van der Waals surface area contributed by atoms with Gasteiger partial charge in [-0.15, -0.1) is 0 Å². The maximum absolute atomic E-state index is 12.9. The summed E-state index contributed by atoms with van der Waals surface area (Å²) >= 11 is 0. The highest BCUT2D eigenvalue weighted by Crippen LogP contribution is 2.60. The van der Waals surface area contributed by atoms with E-state index in [0.717, 1.165) is 24.2 Å². The number of benzene rings is 1. The van der Waals surface area contributed by atoms with Gasteiger partial charge in [0.1, 0.15) is 0 Å². The van der Waals surface area contributed by atoms with E-state index in [1.807, 2.05) is 19.9 Å². The standard InChI is InChI=1S/C22H27NO2/c1-3-13(2)23-20(24)18-5-4-17(9-19(18)21(23)25)22-10-14-6-15(11-22)8-16(7-14)12-22/h4-5,9,13-16H,3,6-8,10-12H2,1-2H3/t13-,14?,15?,16?,22?/m0/s1. The fraction of sp³-hybridized carbons (Fsp3) is 0.636. The highest BCUT2D eigenvalue weighted by atomic mass is 16.2. The van der Waals surface area contributed by atoms with Crippen LogP contribution in [0.5, 0.6) is 0 Å². The molecule has 0 radical (unpaired) electrons. The summed E-state index contributed by atoms with van der Waals surface area (Å²) in [5, 5.41) is 0. The van der Waals surface area contributed by atoms with Crippen molar-refractivity contribution in [3.05, 3.63) is 34.9 Å². The van der Waals surface area contributed by atoms with Gasteiger partial charge in [0.05, 0.1) is 11.1 Å². The molecule has 0 N–H and O–H groups in total. The second-order valence-electron chi connectivity index (χ2n) is 9.20. The first-order chi connectivity index (χ1) is 12.0. The van der Waals surface area contributed by atoms with Crippen molar-refractivity contribution in [2.45, 2.75) is 70.3 Å². The maximum Gasteiger partial charge on any atom is 0.261 e. The molecule has 4 bridgehead atoms. The van der Waals surface area contributed by atoms with Crippen molar-refractivity contribution in [3.8, 4) is 0 Å². The fourth-order valence-electron chi connectivity index (χ4n) is 6.64. The number of carbonyl (C=O) groups excluding carboxylic acids is 2. The Morgan fingerprint density at radius 1 is 1.00 bits per heavy atom. The van der Waals surface area contributed by atoms with Crippen LogP contribution < -0.4 is 0 Å². The number of amides is 2. The molecule has 25 heavy (non-hydrogen) atoms. The number of hydrogen-bond donors (Lipinski definition) is 0. The van der Waals surface area contributed by atoms with Gasteiger partial charge >= 0.3 is 0 Å². The Hall–Kier alpha value is -1.64. The second kappa shape index (κ2) is 5.18.